The molecular weight excluding hydrogens is 240 g/mol. The molecule has 1 heterocycles. The zero-order chi connectivity index (χ0) is 13.9. The van der Waals surface area contributed by atoms with E-state index in [-0.39, 0.29) is 5.78 Å². The Labute approximate surface area is 114 Å². The quantitative estimate of drug-likeness (QED) is 0.857. The fourth-order valence-corrected chi connectivity index (χ4v) is 2.53. The van der Waals surface area contributed by atoms with Crippen LogP contribution in [0.1, 0.15) is 44.2 Å². The number of rotatable bonds is 6. The van der Waals surface area contributed by atoms with Crippen molar-refractivity contribution in [3.8, 4) is 5.75 Å². The molecule has 0 radical (unpaired) electrons. The minimum absolute atomic E-state index is 0.0470. The summed E-state index contributed by atoms with van der Waals surface area (Å²) in [5.41, 5.74) is 1.23. The first-order valence-electron chi connectivity index (χ1n) is 7.09. The lowest BCUT2D eigenvalue weighted by atomic mass is 9.88. The zero-order valence-electron chi connectivity index (χ0n) is 11.7. The van der Waals surface area contributed by atoms with Crippen molar-refractivity contribution in [2.24, 2.45) is 0 Å². The summed E-state index contributed by atoms with van der Waals surface area (Å²) in [5, 5.41) is 10.2. The van der Waals surface area contributed by atoms with Gasteiger partial charge in [0.1, 0.15) is 11.4 Å². The summed E-state index contributed by atoms with van der Waals surface area (Å²) in [5.74, 6) is 0.919. The normalized spacial score (nSPS) is 14.1. The predicted octanol–water partition coefficient (Wildman–Crippen LogP) is 2.67. The molecule has 0 spiro atoms. The van der Waals surface area contributed by atoms with E-state index in [1.165, 1.54) is 5.56 Å². The highest BCUT2D eigenvalue weighted by molar-refractivity contribution is 5.87. The number of hydrogen-bond donors (Lipinski definition) is 1. The van der Waals surface area contributed by atoms with Crippen molar-refractivity contribution in [2.45, 2.75) is 51.6 Å². The molecule has 19 heavy (non-hydrogen) atoms. The van der Waals surface area contributed by atoms with Crippen molar-refractivity contribution in [3.63, 3.8) is 0 Å². The van der Waals surface area contributed by atoms with Crippen molar-refractivity contribution in [3.05, 3.63) is 29.3 Å². The number of Topliss-reactive ketones (excluding diaryl/α,β-unsaturated/α-hetero) is 1. The molecule has 3 heteroatoms. The number of carbonyl (C=O) groups excluding carboxylic acids is 1. The van der Waals surface area contributed by atoms with Crippen LogP contribution in [0.25, 0.3) is 0 Å². The second-order valence-electron chi connectivity index (χ2n) is 5.20. The SMILES string of the molecule is CCC(O)(CC)C(=O)CCc1ccc2c(c1)CCO2. The summed E-state index contributed by atoms with van der Waals surface area (Å²) < 4.78 is 5.46. The van der Waals surface area contributed by atoms with Gasteiger partial charge < -0.3 is 9.84 Å². The van der Waals surface area contributed by atoms with Crippen molar-refractivity contribution in [2.75, 3.05) is 6.61 Å². The Hall–Kier alpha value is -1.35. The summed E-state index contributed by atoms with van der Waals surface area (Å²) in [7, 11) is 0. The van der Waals surface area contributed by atoms with Gasteiger partial charge in [0.25, 0.3) is 0 Å². The number of aliphatic hydroxyl groups is 1. The molecule has 1 N–H and O–H groups in total. The van der Waals surface area contributed by atoms with Gasteiger partial charge in [0.2, 0.25) is 0 Å². The van der Waals surface area contributed by atoms with Gasteiger partial charge in [-0.15, -0.1) is 0 Å². The minimum atomic E-state index is -1.14. The second kappa shape index (κ2) is 5.74. The van der Waals surface area contributed by atoms with E-state index in [0.717, 1.165) is 24.3 Å². The Morgan fingerprint density at radius 2 is 2.11 bits per heavy atom. The van der Waals surface area contributed by atoms with Crippen LogP contribution >= 0.6 is 0 Å². The third kappa shape index (κ3) is 2.98. The third-order valence-corrected chi connectivity index (χ3v) is 4.08. The fraction of sp³-hybridized carbons (Fsp3) is 0.562. The predicted molar refractivity (Wildman–Crippen MR) is 74.5 cm³/mol. The summed E-state index contributed by atoms with van der Waals surface area (Å²) in [4.78, 5) is 12.1. The molecule has 2 rings (SSSR count). The summed E-state index contributed by atoms with van der Waals surface area (Å²) in [6, 6.07) is 6.11. The van der Waals surface area contributed by atoms with Gasteiger partial charge in [0.05, 0.1) is 6.61 Å². The maximum absolute atomic E-state index is 12.1. The largest absolute Gasteiger partial charge is 0.493 e. The molecule has 0 amide bonds. The standard InChI is InChI=1S/C16H22O3/c1-3-16(18,4-2)15(17)8-6-12-5-7-14-13(11-12)9-10-19-14/h5,7,11,18H,3-4,6,8-10H2,1-2H3. The molecule has 0 atom stereocenters. The number of hydrogen-bond acceptors (Lipinski definition) is 3. The van der Waals surface area contributed by atoms with Crippen molar-refractivity contribution in [1.82, 2.24) is 0 Å². The summed E-state index contributed by atoms with van der Waals surface area (Å²) in [6.07, 6.45) is 3.01. The first-order valence-corrected chi connectivity index (χ1v) is 7.09. The van der Waals surface area contributed by atoms with E-state index >= 15 is 0 Å². The molecule has 0 fully saturated rings. The van der Waals surface area contributed by atoms with E-state index in [4.69, 9.17) is 4.74 Å². The van der Waals surface area contributed by atoms with E-state index in [1.54, 1.807) is 0 Å². The molecule has 0 saturated carbocycles. The number of ketones is 1. The minimum Gasteiger partial charge on any atom is -0.493 e. The maximum Gasteiger partial charge on any atom is 0.164 e. The number of carbonyl (C=O) groups is 1. The van der Waals surface area contributed by atoms with Crippen LogP contribution < -0.4 is 4.74 Å². The fourth-order valence-electron chi connectivity index (χ4n) is 2.53. The molecule has 0 aliphatic carbocycles. The van der Waals surface area contributed by atoms with Crippen LogP contribution in [0.3, 0.4) is 0 Å². The first kappa shape index (κ1) is 14.1. The molecule has 0 aromatic heterocycles. The number of ether oxygens (including phenoxy) is 1. The lowest BCUT2D eigenvalue weighted by molar-refractivity contribution is -0.138. The molecule has 1 aliphatic rings. The van der Waals surface area contributed by atoms with Gasteiger partial charge in [-0.1, -0.05) is 26.0 Å². The van der Waals surface area contributed by atoms with Gasteiger partial charge in [-0.2, -0.15) is 0 Å². The average Bonchev–Trinajstić information content (AvgIpc) is 2.91. The monoisotopic (exact) mass is 262 g/mol. The molecule has 0 bridgehead atoms. The second-order valence-corrected chi connectivity index (χ2v) is 5.20. The van der Waals surface area contributed by atoms with Crippen molar-refractivity contribution < 1.29 is 14.6 Å². The van der Waals surface area contributed by atoms with Crippen LogP contribution in [0.2, 0.25) is 0 Å². The summed E-state index contributed by atoms with van der Waals surface area (Å²) in [6.45, 7) is 4.46. The van der Waals surface area contributed by atoms with E-state index in [0.29, 0.717) is 25.7 Å². The average molecular weight is 262 g/mol. The first-order chi connectivity index (χ1) is 9.09. The molecule has 1 aromatic rings. The van der Waals surface area contributed by atoms with E-state index < -0.39 is 5.60 Å². The Balaban J connectivity index is 1.97. The van der Waals surface area contributed by atoms with Gasteiger partial charge in [0.15, 0.2) is 5.78 Å². The highest BCUT2D eigenvalue weighted by Gasteiger charge is 2.30. The molecular formula is C16H22O3. The molecule has 104 valence electrons. The van der Waals surface area contributed by atoms with E-state index in [2.05, 4.69) is 6.07 Å². The maximum atomic E-state index is 12.1. The number of aryl methyl sites for hydroxylation is 1. The lowest BCUT2D eigenvalue weighted by Gasteiger charge is -2.23. The summed E-state index contributed by atoms with van der Waals surface area (Å²) >= 11 is 0. The number of fused-ring (bicyclic) bond motifs is 1. The lowest BCUT2D eigenvalue weighted by Crippen LogP contribution is -2.37. The highest BCUT2D eigenvalue weighted by Crippen LogP contribution is 2.27. The molecule has 3 nitrogen and oxygen atoms in total. The van der Waals surface area contributed by atoms with Gasteiger partial charge >= 0.3 is 0 Å². The Bertz CT molecular complexity index is 461. The van der Waals surface area contributed by atoms with Gasteiger partial charge in [-0.05, 0) is 36.5 Å². The Morgan fingerprint density at radius 3 is 2.79 bits per heavy atom. The van der Waals surface area contributed by atoms with Crippen molar-refractivity contribution >= 4 is 5.78 Å². The molecule has 1 aromatic carbocycles. The van der Waals surface area contributed by atoms with E-state index in [9.17, 15) is 9.90 Å². The molecule has 0 saturated heterocycles. The van der Waals surface area contributed by atoms with Crippen LogP contribution in [0.5, 0.6) is 5.75 Å². The Kier molecular flexibility index (Phi) is 4.25. The van der Waals surface area contributed by atoms with Crippen LogP contribution in [-0.4, -0.2) is 23.1 Å². The zero-order valence-corrected chi connectivity index (χ0v) is 11.7. The smallest absolute Gasteiger partial charge is 0.164 e. The highest BCUT2D eigenvalue weighted by atomic mass is 16.5. The van der Waals surface area contributed by atoms with Crippen LogP contribution in [0, 0.1) is 0 Å². The van der Waals surface area contributed by atoms with Crippen LogP contribution in [-0.2, 0) is 17.6 Å². The van der Waals surface area contributed by atoms with E-state index in [1.807, 2.05) is 26.0 Å². The van der Waals surface area contributed by atoms with Gasteiger partial charge in [0, 0.05) is 12.8 Å². The third-order valence-electron chi connectivity index (χ3n) is 4.08. The van der Waals surface area contributed by atoms with Gasteiger partial charge in [-0.25, -0.2) is 0 Å². The Morgan fingerprint density at radius 1 is 1.37 bits per heavy atom. The topological polar surface area (TPSA) is 46.5 Å². The van der Waals surface area contributed by atoms with Crippen LogP contribution in [0.15, 0.2) is 18.2 Å². The number of benzene rings is 1. The van der Waals surface area contributed by atoms with Crippen molar-refractivity contribution in [1.29, 1.82) is 0 Å². The molecule has 0 unspecified atom stereocenters. The molecule has 1 aliphatic heterocycles. The van der Waals surface area contributed by atoms with Crippen LogP contribution in [0.4, 0.5) is 0 Å². The van der Waals surface area contributed by atoms with Gasteiger partial charge in [-0.3, -0.25) is 4.79 Å².